The molecular formula is C14H16ClFN2O2. The molecule has 20 heavy (non-hydrogen) atoms. The Bertz CT molecular complexity index is 520. The molecule has 0 atom stereocenters. The van der Waals surface area contributed by atoms with Crippen molar-refractivity contribution in [3.05, 3.63) is 40.7 Å². The zero-order valence-electron chi connectivity index (χ0n) is 10.9. The number of hydrogen-bond donors (Lipinski definition) is 2. The predicted molar refractivity (Wildman–Crippen MR) is 75.5 cm³/mol. The third-order valence-corrected chi connectivity index (χ3v) is 3.22. The summed E-state index contributed by atoms with van der Waals surface area (Å²) in [6, 6.07) is 3.98. The SMILES string of the molecule is O=C(COc1ccc(F)c(Cl)c1)NCC1=CCNCC1. The fourth-order valence-corrected chi connectivity index (χ4v) is 1.98. The van der Waals surface area contributed by atoms with Gasteiger partial charge in [0.1, 0.15) is 11.6 Å². The number of nitrogens with one attached hydrogen (secondary N) is 2. The Balaban J connectivity index is 1.74. The van der Waals surface area contributed by atoms with E-state index in [1.807, 2.05) is 0 Å². The van der Waals surface area contributed by atoms with Crippen molar-refractivity contribution in [3.63, 3.8) is 0 Å². The van der Waals surface area contributed by atoms with E-state index in [-0.39, 0.29) is 17.5 Å². The number of rotatable bonds is 5. The highest BCUT2D eigenvalue weighted by Crippen LogP contribution is 2.20. The van der Waals surface area contributed by atoms with Gasteiger partial charge in [-0.15, -0.1) is 0 Å². The lowest BCUT2D eigenvalue weighted by atomic mass is 10.1. The molecule has 1 amide bonds. The second-order valence-corrected chi connectivity index (χ2v) is 4.87. The van der Waals surface area contributed by atoms with Crippen LogP contribution in [0.2, 0.25) is 5.02 Å². The second-order valence-electron chi connectivity index (χ2n) is 4.46. The Morgan fingerprint density at radius 3 is 3.05 bits per heavy atom. The van der Waals surface area contributed by atoms with Crippen molar-refractivity contribution >= 4 is 17.5 Å². The van der Waals surface area contributed by atoms with Gasteiger partial charge in [0.05, 0.1) is 5.02 Å². The summed E-state index contributed by atoms with van der Waals surface area (Å²) in [4.78, 5) is 11.6. The number of hydrogen-bond acceptors (Lipinski definition) is 3. The molecule has 0 spiro atoms. The molecule has 1 aromatic rings. The first-order chi connectivity index (χ1) is 9.65. The van der Waals surface area contributed by atoms with Gasteiger partial charge in [-0.05, 0) is 25.1 Å². The van der Waals surface area contributed by atoms with E-state index in [1.54, 1.807) is 0 Å². The lowest BCUT2D eigenvalue weighted by molar-refractivity contribution is -0.122. The van der Waals surface area contributed by atoms with Crippen LogP contribution in [-0.2, 0) is 4.79 Å². The Hall–Kier alpha value is -1.59. The van der Waals surface area contributed by atoms with E-state index in [4.69, 9.17) is 16.3 Å². The van der Waals surface area contributed by atoms with Crippen molar-refractivity contribution in [3.8, 4) is 5.75 Å². The molecule has 1 aromatic carbocycles. The number of carbonyl (C=O) groups excluding carboxylic acids is 1. The van der Waals surface area contributed by atoms with E-state index in [0.717, 1.165) is 19.5 Å². The van der Waals surface area contributed by atoms with Gasteiger partial charge in [0, 0.05) is 19.2 Å². The maximum Gasteiger partial charge on any atom is 0.258 e. The van der Waals surface area contributed by atoms with Crippen LogP contribution < -0.4 is 15.4 Å². The van der Waals surface area contributed by atoms with Gasteiger partial charge in [0.15, 0.2) is 6.61 Å². The number of ether oxygens (including phenoxy) is 1. The largest absolute Gasteiger partial charge is 0.484 e. The van der Waals surface area contributed by atoms with Crippen LogP contribution in [0.4, 0.5) is 4.39 Å². The van der Waals surface area contributed by atoms with E-state index in [0.29, 0.717) is 12.3 Å². The zero-order valence-corrected chi connectivity index (χ0v) is 11.7. The van der Waals surface area contributed by atoms with Gasteiger partial charge in [-0.3, -0.25) is 4.79 Å². The van der Waals surface area contributed by atoms with Gasteiger partial charge < -0.3 is 15.4 Å². The first-order valence-electron chi connectivity index (χ1n) is 6.38. The monoisotopic (exact) mass is 298 g/mol. The zero-order chi connectivity index (χ0) is 14.4. The van der Waals surface area contributed by atoms with E-state index in [1.165, 1.54) is 23.8 Å². The number of halogens is 2. The first-order valence-corrected chi connectivity index (χ1v) is 6.76. The average Bonchev–Trinajstić information content (AvgIpc) is 2.47. The molecule has 0 radical (unpaired) electrons. The van der Waals surface area contributed by atoms with Crippen molar-refractivity contribution < 1.29 is 13.9 Å². The smallest absolute Gasteiger partial charge is 0.258 e. The molecule has 0 saturated carbocycles. The number of carbonyl (C=O) groups is 1. The molecule has 0 saturated heterocycles. The third-order valence-electron chi connectivity index (χ3n) is 2.93. The summed E-state index contributed by atoms with van der Waals surface area (Å²) < 4.78 is 18.2. The number of amides is 1. The topological polar surface area (TPSA) is 50.4 Å². The van der Waals surface area contributed by atoms with Gasteiger partial charge in [-0.1, -0.05) is 23.3 Å². The summed E-state index contributed by atoms with van der Waals surface area (Å²) >= 11 is 5.62. The van der Waals surface area contributed by atoms with Crippen LogP contribution in [-0.4, -0.2) is 32.1 Å². The molecule has 1 aliphatic heterocycles. The van der Waals surface area contributed by atoms with Crippen LogP contribution >= 0.6 is 11.6 Å². The average molecular weight is 299 g/mol. The highest BCUT2D eigenvalue weighted by molar-refractivity contribution is 6.30. The molecule has 0 fully saturated rings. The Morgan fingerprint density at radius 1 is 1.50 bits per heavy atom. The molecule has 1 aliphatic rings. The van der Waals surface area contributed by atoms with Crippen LogP contribution in [0.15, 0.2) is 29.8 Å². The quantitative estimate of drug-likeness (QED) is 0.816. The van der Waals surface area contributed by atoms with Crippen molar-refractivity contribution in [2.75, 3.05) is 26.2 Å². The van der Waals surface area contributed by atoms with Crippen LogP contribution in [0.3, 0.4) is 0 Å². The van der Waals surface area contributed by atoms with Gasteiger partial charge >= 0.3 is 0 Å². The Morgan fingerprint density at radius 2 is 2.35 bits per heavy atom. The normalized spacial score (nSPS) is 14.6. The van der Waals surface area contributed by atoms with E-state index < -0.39 is 5.82 Å². The van der Waals surface area contributed by atoms with Crippen LogP contribution in [0.1, 0.15) is 6.42 Å². The van der Waals surface area contributed by atoms with Crippen molar-refractivity contribution in [2.24, 2.45) is 0 Å². The molecule has 0 aliphatic carbocycles. The fourth-order valence-electron chi connectivity index (χ4n) is 1.81. The minimum absolute atomic E-state index is 0.0252. The molecule has 4 nitrogen and oxygen atoms in total. The van der Waals surface area contributed by atoms with Gasteiger partial charge in [-0.2, -0.15) is 0 Å². The molecule has 2 rings (SSSR count). The first kappa shape index (κ1) is 14.8. The molecule has 108 valence electrons. The molecular weight excluding hydrogens is 283 g/mol. The molecule has 2 N–H and O–H groups in total. The highest BCUT2D eigenvalue weighted by Gasteiger charge is 2.07. The lowest BCUT2D eigenvalue weighted by Crippen LogP contribution is -2.32. The van der Waals surface area contributed by atoms with Crippen molar-refractivity contribution in [2.45, 2.75) is 6.42 Å². The number of benzene rings is 1. The summed E-state index contributed by atoms with van der Waals surface area (Å²) in [5.41, 5.74) is 1.21. The fraction of sp³-hybridized carbons (Fsp3) is 0.357. The maximum absolute atomic E-state index is 12.9. The van der Waals surface area contributed by atoms with Crippen molar-refractivity contribution in [1.82, 2.24) is 10.6 Å². The summed E-state index contributed by atoms with van der Waals surface area (Å²) in [6.45, 7) is 2.20. The summed E-state index contributed by atoms with van der Waals surface area (Å²) in [7, 11) is 0. The molecule has 1 heterocycles. The maximum atomic E-state index is 12.9. The van der Waals surface area contributed by atoms with Crippen molar-refractivity contribution in [1.29, 1.82) is 0 Å². The Labute approximate surface area is 121 Å². The minimum Gasteiger partial charge on any atom is -0.484 e. The predicted octanol–water partition coefficient (Wildman–Crippen LogP) is 1.89. The van der Waals surface area contributed by atoms with E-state index in [9.17, 15) is 9.18 Å². The van der Waals surface area contributed by atoms with Gasteiger partial charge in [-0.25, -0.2) is 4.39 Å². The van der Waals surface area contributed by atoms with E-state index in [2.05, 4.69) is 16.7 Å². The molecule has 0 aromatic heterocycles. The van der Waals surface area contributed by atoms with Gasteiger partial charge in [0.2, 0.25) is 0 Å². The minimum atomic E-state index is -0.513. The summed E-state index contributed by atoms with van der Waals surface area (Å²) in [6.07, 6.45) is 3.01. The standard InChI is InChI=1S/C14H16ClFN2O2/c15-12-7-11(1-2-13(12)16)20-9-14(19)18-8-10-3-5-17-6-4-10/h1-3,7,17H,4-6,8-9H2,(H,18,19). The second kappa shape index (κ2) is 7.26. The van der Waals surface area contributed by atoms with Crippen LogP contribution in [0.5, 0.6) is 5.75 Å². The molecule has 6 heteroatoms. The molecule has 0 unspecified atom stereocenters. The third kappa shape index (κ3) is 4.51. The lowest BCUT2D eigenvalue weighted by Gasteiger charge is -2.14. The summed E-state index contributed by atoms with van der Waals surface area (Å²) in [5.74, 6) is -0.362. The van der Waals surface area contributed by atoms with Crippen LogP contribution in [0.25, 0.3) is 0 Å². The summed E-state index contributed by atoms with van der Waals surface area (Å²) in [5, 5.41) is 5.96. The van der Waals surface area contributed by atoms with Crippen LogP contribution in [0, 0.1) is 5.82 Å². The Kier molecular flexibility index (Phi) is 5.38. The molecule has 0 bridgehead atoms. The van der Waals surface area contributed by atoms with E-state index >= 15 is 0 Å². The van der Waals surface area contributed by atoms with Gasteiger partial charge in [0.25, 0.3) is 5.91 Å². The highest BCUT2D eigenvalue weighted by atomic mass is 35.5.